The van der Waals surface area contributed by atoms with Crippen LogP contribution in [0.5, 0.6) is 0 Å². The maximum absolute atomic E-state index is 13.7. The number of nitrogens with zero attached hydrogens (tertiary/aromatic N) is 1. The van der Waals surface area contributed by atoms with Crippen LogP contribution in [-0.4, -0.2) is 36.2 Å². The molecule has 0 bridgehead atoms. The van der Waals surface area contributed by atoms with Crippen molar-refractivity contribution in [3.63, 3.8) is 0 Å². The van der Waals surface area contributed by atoms with Crippen molar-refractivity contribution >= 4 is 0 Å². The Labute approximate surface area is 115 Å². The summed E-state index contributed by atoms with van der Waals surface area (Å²) in [5.41, 5.74) is 6.73. The topological polar surface area (TPSA) is 49.5 Å². The molecule has 1 rings (SSSR count). The summed E-state index contributed by atoms with van der Waals surface area (Å²) in [5.74, 6) is -0.0733. The van der Waals surface area contributed by atoms with Gasteiger partial charge in [0.2, 0.25) is 0 Å². The van der Waals surface area contributed by atoms with Crippen LogP contribution in [0.25, 0.3) is 0 Å². The van der Waals surface area contributed by atoms with Crippen molar-refractivity contribution in [2.75, 3.05) is 26.2 Å². The molecule has 108 valence electrons. The molecule has 0 aliphatic carbocycles. The molecule has 0 saturated heterocycles. The van der Waals surface area contributed by atoms with Crippen LogP contribution in [0.1, 0.15) is 31.9 Å². The molecule has 0 radical (unpaired) electrons. The summed E-state index contributed by atoms with van der Waals surface area (Å²) in [6.07, 6.45) is 0.759. The van der Waals surface area contributed by atoms with E-state index in [0.717, 1.165) is 26.1 Å². The molecular formula is C15H25FN2O. The first-order valence-electron chi connectivity index (χ1n) is 6.93. The highest BCUT2D eigenvalue weighted by molar-refractivity contribution is 5.21. The second kappa shape index (κ2) is 8.25. The lowest BCUT2D eigenvalue weighted by Gasteiger charge is -2.28. The normalized spacial score (nSPS) is 14.6. The van der Waals surface area contributed by atoms with E-state index in [9.17, 15) is 4.39 Å². The first kappa shape index (κ1) is 16.1. The number of aliphatic hydroxyl groups excluding tert-OH is 1. The number of hydrogen-bond acceptors (Lipinski definition) is 3. The molecule has 0 saturated carbocycles. The van der Waals surface area contributed by atoms with Crippen LogP contribution >= 0.6 is 0 Å². The minimum absolute atomic E-state index is 0.163. The van der Waals surface area contributed by atoms with Gasteiger partial charge in [0.05, 0.1) is 0 Å². The Bertz CT molecular complexity index is 373. The largest absolute Gasteiger partial charge is 0.396 e. The van der Waals surface area contributed by atoms with E-state index in [-0.39, 0.29) is 24.4 Å². The van der Waals surface area contributed by atoms with Gasteiger partial charge in [-0.05, 0) is 24.9 Å². The highest BCUT2D eigenvalue weighted by Gasteiger charge is 2.19. The predicted octanol–water partition coefficient (Wildman–Crippen LogP) is 2.17. The summed E-state index contributed by atoms with van der Waals surface area (Å²) >= 11 is 0. The second-order valence-corrected chi connectivity index (χ2v) is 4.99. The summed E-state index contributed by atoms with van der Waals surface area (Å²) in [5, 5.41) is 8.87. The van der Waals surface area contributed by atoms with Crippen molar-refractivity contribution in [1.29, 1.82) is 0 Å². The lowest BCUT2D eigenvalue weighted by Crippen LogP contribution is -2.34. The van der Waals surface area contributed by atoms with Gasteiger partial charge in [0.25, 0.3) is 0 Å². The van der Waals surface area contributed by atoms with E-state index >= 15 is 0 Å². The van der Waals surface area contributed by atoms with Crippen LogP contribution in [0.3, 0.4) is 0 Å². The highest BCUT2D eigenvalue weighted by Crippen LogP contribution is 2.22. The fourth-order valence-electron chi connectivity index (χ4n) is 2.25. The second-order valence-electron chi connectivity index (χ2n) is 4.99. The van der Waals surface area contributed by atoms with Gasteiger partial charge in [-0.3, -0.25) is 0 Å². The SMILES string of the molecule is CCN(CCCO)CC(C)C(N)c1ccccc1F. The van der Waals surface area contributed by atoms with E-state index in [1.54, 1.807) is 12.1 Å². The molecule has 19 heavy (non-hydrogen) atoms. The summed E-state index contributed by atoms with van der Waals surface area (Å²) in [6, 6.07) is 6.39. The van der Waals surface area contributed by atoms with Crippen LogP contribution in [0.15, 0.2) is 24.3 Å². The van der Waals surface area contributed by atoms with Crippen molar-refractivity contribution in [3.8, 4) is 0 Å². The minimum Gasteiger partial charge on any atom is -0.396 e. The average molecular weight is 268 g/mol. The van der Waals surface area contributed by atoms with Crippen LogP contribution in [0, 0.1) is 11.7 Å². The van der Waals surface area contributed by atoms with Gasteiger partial charge in [-0.2, -0.15) is 0 Å². The number of aliphatic hydroxyl groups is 1. The van der Waals surface area contributed by atoms with Crippen LogP contribution in [-0.2, 0) is 0 Å². The Kier molecular flexibility index (Phi) is 6.99. The Balaban J connectivity index is 2.61. The van der Waals surface area contributed by atoms with E-state index in [4.69, 9.17) is 10.8 Å². The van der Waals surface area contributed by atoms with E-state index in [2.05, 4.69) is 11.8 Å². The zero-order chi connectivity index (χ0) is 14.3. The quantitative estimate of drug-likeness (QED) is 0.759. The summed E-state index contributed by atoms with van der Waals surface area (Å²) < 4.78 is 13.7. The Morgan fingerprint density at radius 1 is 1.37 bits per heavy atom. The van der Waals surface area contributed by atoms with Gasteiger partial charge in [-0.25, -0.2) is 4.39 Å². The van der Waals surface area contributed by atoms with Gasteiger partial charge < -0.3 is 15.7 Å². The first-order valence-corrected chi connectivity index (χ1v) is 6.93. The lowest BCUT2D eigenvalue weighted by molar-refractivity contribution is 0.201. The fraction of sp³-hybridized carbons (Fsp3) is 0.600. The summed E-state index contributed by atoms with van der Waals surface area (Å²) in [6.45, 7) is 6.89. The van der Waals surface area contributed by atoms with Crippen molar-refractivity contribution in [2.24, 2.45) is 11.7 Å². The Hall–Kier alpha value is -0.970. The molecule has 0 heterocycles. The molecule has 3 N–H and O–H groups in total. The van der Waals surface area contributed by atoms with Gasteiger partial charge in [-0.1, -0.05) is 32.0 Å². The molecule has 0 aliphatic rings. The number of halogens is 1. The molecular weight excluding hydrogens is 243 g/mol. The Morgan fingerprint density at radius 3 is 2.63 bits per heavy atom. The first-order chi connectivity index (χ1) is 9.10. The van der Waals surface area contributed by atoms with Gasteiger partial charge in [0.1, 0.15) is 5.82 Å². The summed E-state index contributed by atoms with van der Waals surface area (Å²) in [4.78, 5) is 2.24. The van der Waals surface area contributed by atoms with Gasteiger partial charge in [-0.15, -0.1) is 0 Å². The third kappa shape index (κ3) is 4.90. The van der Waals surface area contributed by atoms with Crippen molar-refractivity contribution in [1.82, 2.24) is 4.90 Å². The number of nitrogens with two attached hydrogens (primary N) is 1. The monoisotopic (exact) mass is 268 g/mol. The number of benzene rings is 1. The number of hydrogen-bond donors (Lipinski definition) is 2. The predicted molar refractivity (Wildman–Crippen MR) is 76.3 cm³/mol. The zero-order valence-electron chi connectivity index (χ0n) is 11.8. The van der Waals surface area contributed by atoms with E-state index in [1.807, 2.05) is 13.0 Å². The molecule has 0 amide bonds. The zero-order valence-corrected chi connectivity index (χ0v) is 11.8. The van der Waals surface area contributed by atoms with Crippen LogP contribution < -0.4 is 5.73 Å². The average Bonchev–Trinajstić information content (AvgIpc) is 2.43. The number of rotatable bonds is 8. The summed E-state index contributed by atoms with van der Waals surface area (Å²) in [7, 11) is 0. The lowest BCUT2D eigenvalue weighted by atomic mass is 9.94. The van der Waals surface area contributed by atoms with Gasteiger partial charge >= 0.3 is 0 Å². The van der Waals surface area contributed by atoms with E-state index in [0.29, 0.717) is 5.56 Å². The highest BCUT2D eigenvalue weighted by atomic mass is 19.1. The molecule has 0 aromatic heterocycles. The molecule has 1 aromatic carbocycles. The maximum atomic E-state index is 13.7. The molecule has 0 fully saturated rings. The van der Waals surface area contributed by atoms with Gasteiger partial charge in [0, 0.05) is 31.3 Å². The van der Waals surface area contributed by atoms with Crippen molar-refractivity contribution in [2.45, 2.75) is 26.3 Å². The molecule has 1 aromatic rings. The fourth-order valence-corrected chi connectivity index (χ4v) is 2.25. The molecule has 3 nitrogen and oxygen atoms in total. The third-order valence-corrected chi connectivity index (χ3v) is 3.50. The molecule has 0 spiro atoms. The van der Waals surface area contributed by atoms with E-state index < -0.39 is 0 Å². The smallest absolute Gasteiger partial charge is 0.127 e. The minimum atomic E-state index is -0.302. The molecule has 2 atom stereocenters. The molecule has 4 heteroatoms. The van der Waals surface area contributed by atoms with Gasteiger partial charge in [0.15, 0.2) is 0 Å². The van der Waals surface area contributed by atoms with Crippen molar-refractivity contribution < 1.29 is 9.50 Å². The van der Waals surface area contributed by atoms with E-state index in [1.165, 1.54) is 6.07 Å². The molecule has 0 aliphatic heterocycles. The van der Waals surface area contributed by atoms with Crippen LogP contribution in [0.4, 0.5) is 4.39 Å². The van der Waals surface area contributed by atoms with Crippen LogP contribution in [0.2, 0.25) is 0 Å². The third-order valence-electron chi connectivity index (χ3n) is 3.50. The maximum Gasteiger partial charge on any atom is 0.127 e. The van der Waals surface area contributed by atoms with Crippen molar-refractivity contribution in [3.05, 3.63) is 35.6 Å². The molecule has 2 unspecified atom stereocenters. The standard InChI is InChI=1S/C15H25FN2O/c1-3-18(9-6-10-19)11-12(2)15(17)13-7-4-5-8-14(13)16/h4-5,7-8,12,15,19H,3,6,9-11,17H2,1-2H3. The Morgan fingerprint density at radius 2 is 2.05 bits per heavy atom.